The van der Waals surface area contributed by atoms with Crippen LogP contribution in [0.15, 0.2) is 35.3 Å². The van der Waals surface area contributed by atoms with Crippen LogP contribution in [0.1, 0.15) is 54.6 Å². The number of carbonyl (C=O) groups is 3. The first-order valence-electron chi connectivity index (χ1n) is 20.4. The van der Waals surface area contributed by atoms with Crippen LogP contribution in [-0.2, 0) is 44.6 Å². The molecule has 60 heavy (non-hydrogen) atoms. The van der Waals surface area contributed by atoms with Gasteiger partial charge >= 0.3 is 0 Å². The molecule has 0 bridgehead atoms. The van der Waals surface area contributed by atoms with Gasteiger partial charge in [-0.05, 0) is 69.5 Å². The zero-order valence-electron chi connectivity index (χ0n) is 34.4. The third kappa shape index (κ3) is 21.4. The third-order valence-electron chi connectivity index (χ3n) is 8.41. The van der Waals surface area contributed by atoms with Crippen molar-refractivity contribution in [3.63, 3.8) is 0 Å². The third-order valence-corrected chi connectivity index (χ3v) is 8.41. The van der Waals surface area contributed by atoms with Gasteiger partial charge in [0.05, 0.1) is 71.3 Å². The maximum Gasteiger partial charge on any atom is 0.280 e. The summed E-state index contributed by atoms with van der Waals surface area (Å²) in [6.45, 7) is 7.84. The van der Waals surface area contributed by atoms with Crippen molar-refractivity contribution in [2.45, 2.75) is 51.1 Å². The van der Waals surface area contributed by atoms with Gasteiger partial charge in [0.1, 0.15) is 6.04 Å². The molecule has 3 amide bonds. The number of nitrogens with zero attached hydrogens (tertiary/aromatic N) is 3. The van der Waals surface area contributed by atoms with E-state index in [1.54, 1.807) is 24.3 Å². The molecule has 0 saturated heterocycles. The van der Waals surface area contributed by atoms with Crippen LogP contribution in [0.2, 0.25) is 0 Å². The van der Waals surface area contributed by atoms with E-state index in [2.05, 4.69) is 41.2 Å². The summed E-state index contributed by atoms with van der Waals surface area (Å²) in [5.74, 6) is -1.21. The second-order valence-corrected chi connectivity index (χ2v) is 13.3. The predicted molar refractivity (Wildman–Crippen MR) is 224 cm³/mol. The SMILES string of the molecule is NCCCOCCOCCOCCCNC(=O)CC[C@H](NC(=O)c1ccc(NCc2cnc3nc(N)[nH]c(=O)c3n2)cc1)C(=O)NCCCOCCOCCOCCCN. The van der Waals surface area contributed by atoms with Gasteiger partial charge in [-0.3, -0.25) is 24.2 Å². The summed E-state index contributed by atoms with van der Waals surface area (Å²) >= 11 is 0. The van der Waals surface area contributed by atoms with Crippen LogP contribution in [0.25, 0.3) is 11.2 Å². The molecule has 11 N–H and O–H groups in total. The number of nitrogens with one attached hydrogen (secondary N) is 5. The Bertz CT molecular complexity index is 1720. The minimum Gasteiger partial charge on any atom is -0.379 e. The molecule has 21 nitrogen and oxygen atoms in total. The lowest BCUT2D eigenvalue weighted by atomic mass is 10.1. The van der Waals surface area contributed by atoms with Gasteiger partial charge in [0.15, 0.2) is 11.2 Å². The molecule has 1 aromatic carbocycles. The van der Waals surface area contributed by atoms with Crippen molar-refractivity contribution in [2.75, 3.05) is 117 Å². The first-order chi connectivity index (χ1) is 29.3. The lowest BCUT2D eigenvalue weighted by molar-refractivity contribution is -0.124. The fraction of sp³-hybridized carbons (Fsp3) is 0.615. The van der Waals surface area contributed by atoms with E-state index in [9.17, 15) is 19.2 Å². The van der Waals surface area contributed by atoms with Gasteiger partial charge < -0.3 is 66.9 Å². The Kier molecular flexibility index (Phi) is 25.6. The van der Waals surface area contributed by atoms with Crippen molar-refractivity contribution in [3.8, 4) is 0 Å². The van der Waals surface area contributed by atoms with Crippen LogP contribution >= 0.6 is 0 Å². The van der Waals surface area contributed by atoms with E-state index in [4.69, 9.17) is 45.6 Å². The molecule has 0 unspecified atom stereocenters. The number of nitrogen functional groups attached to an aromatic ring is 1. The normalized spacial score (nSPS) is 11.7. The lowest BCUT2D eigenvalue weighted by Gasteiger charge is -2.19. The number of hydrogen-bond acceptors (Lipinski definition) is 17. The number of hydrogen-bond donors (Lipinski definition) is 8. The van der Waals surface area contributed by atoms with E-state index in [0.29, 0.717) is 135 Å². The van der Waals surface area contributed by atoms with Crippen molar-refractivity contribution in [3.05, 3.63) is 52.1 Å². The first kappa shape index (κ1) is 49.5. The molecule has 0 spiro atoms. The number of aromatic amines is 1. The average Bonchev–Trinajstić information content (AvgIpc) is 3.24. The van der Waals surface area contributed by atoms with Crippen molar-refractivity contribution in [1.29, 1.82) is 0 Å². The zero-order chi connectivity index (χ0) is 43.0. The number of amides is 3. The van der Waals surface area contributed by atoms with Gasteiger partial charge in [0.25, 0.3) is 11.5 Å². The second kappa shape index (κ2) is 31.1. The Morgan fingerprint density at radius 1 is 0.700 bits per heavy atom. The van der Waals surface area contributed by atoms with Gasteiger partial charge in [-0.25, -0.2) is 9.97 Å². The van der Waals surface area contributed by atoms with Crippen LogP contribution in [0, 0.1) is 0 Å². The van der Waals surface area contributed by atoms with Gasteiger partial charge in [-0.2, -0.15) is 4.98 Å². The van der Waals surface area contributed by atoms with Gasteiger partial charge in [-0.15, -0.1) is 0 Å². The monoisotopic (exact) mass is 845 g/mol. The molecule has 1 atom stereocenters. The average molecular weight is 846 g/mol. The standard InChI is InChI=1S/C39H63N11O10/c40-11-1-15-55-19-23-59-25-21-57-17-3-13-43-33(51)10-9-32(37(53)44-14-4-18-58-22-26-60-24-20-56-16-2-12-41)48-36(52)29-5-7-30(8-6-29)45-27-31-28-46-35-34(47-31)38(54)50-39(42)49-35/h5-8,28,32,45H,1-4,9-27,40-41H2,(H,43,51)(H,44,53)(H,48,52)(H3,42,46,49,50,54)/t32-/m0/s1. The molecular formula is C39H63N11O10. The number of nitrogens with two attached hydrogens (primary N) is 3. The Hall–Kier alpha value is -4.87. The molecule has 0 saturated carbocycles. The van der Waals surface area contributed by atoms with Crippen LogP contribution < -0.4 is 44.0 Å². The topological polar surface area (TPSA) is 304 Å². The highest BCUT2D eigenvalue weighted by Gasteiger charge is 2.22. The van der Waals surface area contributed by atoms with E-state index < -0.39 is 23.4 Å². The highest BCUT2D eigenvalue weighted by molar-refractivity contribution is 5.98. The van der Waals surface area contributed by atoms with Crippen molar-refractivity contribution in [1.82, 2.24) is 35.9 Å². The van der Waals surface area contributed by atoms with Gasteiger partial charge in [-0.1, -0.05) is 0 Å². The maximum absolute atomic E-state index is 13.3. The second-order valence-electron chi connectivity index (χ2n) is 13.3. The quantitative estimate of drug-likeness (QED) is 0.0349. The number of H-pyrrole nitrogens is 1. The zero-order valence-corrected chi connectivity index (χ0v) is 34.4. The highest BCUT2D eigenvalue weighted by atomic mass is 16.5. The number of fused-ring (bicyclic) bond motifs is 1. The predicted octanol–water partition coefficient (Wildman–Crippen LogP) is -0.404. The summed E-state index contributed by atoms with van der Waals surface area (Å²) in [5, 5.41) is 11.6. The summed E-state index contributed by atoms with van der Waals surface area (Å²) in [7, 11) is 0. The van der Waals surface area contributed by atoms with E-state index in [0.717, 1.165) is 12.8 Å². The fourth-order valence-electron chi connectivity index (χ4n) is 5.23. The number of ether oxygens (including phenoxy) is 6. The maximum atomic E-state index is 13.3. The molecular weight excluding hydrogens is 782 g/mol. The van der Waals surface area contributed by atoms with Crippen LogP contribution in [0.5, 0.6) is 0 Å². The Labute approximate surface area is 349 Å². The number of carbonyl (C=O) groups excluding carboxylic acids is 3. The van der Waals surface area contributed by atoms with E-state index in [1.807, 2.05) is 0 Å². The van der Waals surface area contributed by atoms with E-state index in [-0.39, 0.29) is 42.4 Å². The molecule has 3 aromatic rings. The summed E-state index contributed by atoms with van der Waals surface area (Å²) in [4.78, 5) is 66.3. The van der Waals surface area contributed by atoms with Crippen LogP contribution in [0.4, 0.5) is 11.6 Å². The van der Waals surface area contributed by atoms with Gasteiger partial charge in [0, 0.05) is 57.2 Å². The molecule has 2 aromatic heterocycles. The molecule has 0 fully saturated rings. The fourth-order valence-corrected chi connectivity index (χ4v) is 5.23. The minimum absolute atomic E-state index is 0.0113. The summed E-state index contributed by atoms with van der Waals surface area (Å²) in [6, 6.07) is 5.62. The number of anilines is 2. The van der Waals surface area contributed by atoms with Crippen LogP contribution in [0.3, 0.4) is 0 Å². The Balaban J connectivity index is 1.42. The molecule has 3 rings (SSSR count). The van der Waals surface area contributed by atoms with Crippen molar-refractivity contribution >= 4 is 40.5 Å². The molecule has 0 aliphatic heterocycles. The number of rotatable bonds is 35. The summed E-state index contributed by atoms with van der Waals surface area (Å²) in [6.07, 6.45) is 4.34. The molecule has 2 heterocycles. The molecule has 0 radical (unpaired) electrons. The minimum atomic E-state index is -0.976. The summed E-state index contributed by atoms with van der Waals surface area (Å²) in [5.41, 5.74) is 17.6. The molecule has 21 heteroatoms. The molecule has 334 valence electrons. The van der Waals surface area contributed by atoms with Crippen LogP contribution in [-0.4, -0.2) is 149 Å². The first-order valence-corrected chi connectivity index (χ1v) is 20.4. The number of aromatic nitrogens is 4. The molecule has 0 aliphatic rings. The van der Waals surface area contributed by atoms with Gasteiger partial charge in [0.2, 0.25) is 17.8 Å². The van der Waals surface area contributed by atoms with E-state index in [1.165, 1.54) is 6.20 Å². The largest absolute Gasteiger partial charge is 0.379 e. The lowest BCUT2D eigenvalue weighted by Crippen LogP contribution is -2.47. The van der Waals surface area contributed by atoms with Crippen molar-refractivity contribution in [2.24, 2.45) is 11.5 Å². The van der Waals surface area contributed by atoms with Crippen molar-refractivity contribution < 1.29 is 42.8 Å². The smallest absolute Gasteiger partial charge is 0.280 e. The van der Waals surface area contributed by atoms with E-state index >= 15 is 0 Å². The Morgan fingerprint density at radius 2 is 1.23 bits per heavy atom. The number of benzene rings is 1. The molecule has 0 aliphatic carbocycles. The summed E-state index contributed by atoms with van der Waals surface area (Å²) < 4.78 is 32.8. The highest BCUT2D eigenvalue weighted by Crippen LogP contribution is 2.12. The Morgan fingerprint density at radius 3 is 1.80 bits per heavy atom.